The van der Waals surface area contributed by atoms with Gasteiger partial charge in [-0.2, -0.15) is 0 Å². The molecule has 0 aromatic heterocycles. The predicted molar refractivity (Wildman–Crippen MR) is 52.5 cm³/mol. The van der Waals surface area contributed by atoms with Crippen LogP contribution in [0.25, 0.3) is 0 Å². The van der Waals surface area contributed by atoms with Gasteiger partial charge in [0.15, 0.2) is 0 Å². The molecule has 0 unspecified atom stereocenters. The van der Waals surface area contributed by atoms with Crippen LogP contribution in [0.4, 0.5) is 0 Å². The zero-order valence-corrected chi connectivity index (χ0v) is 8.83. The summed E-state index contributed by atoms with van der Waals surface area (Å²) >= 11 is 0. The van der Waals surface area contributed by atoms with Crippen LogP contribution in [0.3, 0.4) is 0 Å². The van der Waals surface area contributed by atoms with E-state index in [0.29, 0.717) is 0 Å². The molecule has 0 saturated carbocycles. The minimum Gasteiger partial charge on any atom is -0.377 e. The van der Waals surface area contributed by atoms with Gasteiger partial charge in [0.05, 0.1) is 6.10 Å². The molecule has 0 saturated heterocycles. The molecular formula is C11H18O2. The zero-order chi connectivity index (χ0) is 10.1. The lowest BCUT2D eigenvalue weighted by Gasteiger charge is -2.38. The highest BCUT2D eigenvalue weighted by Gasteiger charge is 2.36. The summed E-state index contributed by atoms with van der Waals surface area (Å²) in [5.74, 6) is 0.0545. The molecule has 0 aliphatic heterocycles. The third-order valence-electron chi connectivity index (χ3n) is 2.95. The molecule has 0 aromatic rings. The molecule has 1 aliphatic carbocycles. The van der Waals surface area contributed by atoms with Gasteiger partial charge in [0.25, 0.3) is 0 Å². The average Bonchev–Trinajstić information content (AvgIpc) is 2.02. The Morgan fingerprint density at radius 3 is 2.62 bits per heavy atom. The second-order valence-electron chi connectivity index (χ2n) is 4.49. The maximum Gasteiger partial charge on any atom is 0.127 e. The van der Waals surface area contributed by atoms with E-state index in [1.165, 1.54) is 0 Å². The van der Waals surface area contributed by atoms with Crippen molar-refractivity contribution in [3.63, 3.8) is 0 Å². The van der Waals surface area contributed by atoms with E-state index in [0.717, 1.165) is 18.3 Å². The van der Waals surface area contributed by atoms with Gasteiger partial charge in [-0.15, -0.1) is 0 Å². The van der Waals surface area contributed by atoms with Crippen molar-refractivity contribution in [2.75, 3.05) is 7.11 Å². The molecule has 0 bridgehead atoms. The topological polar surface area (TPSA) is 26.3 Å². The number of hydrogen-bond acceptors (Lipinski definition) is 2. The maximum atomic E-state index is 10.9. The molecular weight excluding hydrogens is 164 g/mol. The average molecular weight is 182 g/mol. The second kappa shape index (κ2) is 3.62. The van der Waals surface area contributed by atoms with Gasteiger partial charge in [0.1, 0.15) is 6.29 Å². The van der Waals surface area contributed by atoms with E-state index in [9.17, 15) is 4.79 Å². The SMILES string of the molecule is CO[C@H]1C=C(C)[C@@H](C=O)C(C)(C)C1. The third-order valence-corrected chi connectivity index (χ3v) is 2.95. The van der Waals surface area contributed by atoms with Gasteiger partial charge in [0, 0.05) is 13.0 Å². The summed E-state index contributed by atoms with van der Waals surface area (Å²) in [5.41, 5.74) is 1.17. The number of ether oxygens (including phenoxy) is 1. The highest BCUT2D eigenvalue weighted by molar-refractivity contribution is 5.60. The van der Waals surface area contributed by atoms with Crippen LogP contribution in [0, 0.1) is 11.3 Å². The van der Waals surface area contributed by atoms with E-state index >= 15 is 0 Å². The molecule has 0 spiro atoms. The van der Waals surface area contributed by atoms with Crippen molar-refractivity contribution in [3.05, 3.63) is 11.6 Å². The van der Waals surface area contributed by atoms with Crippen molar-refractivity contribution in [2.24, 2.45) is 11.3 Å². The van der Waals surface area contributed by atoms with Crippen LogP contribution < -0.4 is 0 Å². The number of methoxy groups -OCH3 is 1. The summed E-state index contributed by atoms with van der Waals surface area (Å²) in [4.78, 5) is 10.9. The fourth-order valence-electron chi connectivity index (χ4n) is 2.16. The number of rotatable bonds is 2. The van der Waals surface area contributed by atoms with E-state index in [2.05, 4.69) is 19.9 Å². The van der Waals surface area contributed by atoms with Crippen molar-refractivity contribution in [2.45, 2.75) is 33.3 Å². The summed E-state index contributed by atoms with van der Waals surface area (Å²) in [5, 5.41) is 0. The molecule has 74 valence electrons. The van der Waals surface area contributed by atoms with Crippen LogP contribution in [0.2, 0.25) is 0 Å². The van der Waals surface area contributed by atoms with Gasteiger partial charge in [-0.05, 0) is 18.8 Å². The van der Waals surface area contributed by atoms with Crippen molar-refractivity contribution in [1.82, 2.24) is 0 Å². The van der Waals surface area contributed by atoms with Crippen molar-refractivity contribution < 1.29 is 9.53 Å². The predicted octanol–water partition coefficient (Wildman–Crippen LogP) is 2.19. The van der Waals surface area contributed by atoms with E-state index < -0.39 is 0 Å². The number of hydrogen-bond donors (Lipinski definition) is 0. The van der Waals surface area contributed by atoms with E-state index in [1.807, 2.05) is 6.92 Å². The number of aldehydes is 1. The number of carbonyl (C=O) groups excluding carboxylic acids is 1. The summed E-state index contributed by atoms with van der Waals surface area (Å²) < 4.78 is 5.30. The van der Waals surface area contributed by atoms with Gasteiger partial charge in [-0.3, -0.25) is 0 Å². The lowest BCUT2D eigenvalue weighted by Crippen LogP contribution is -2.35. The molecule has 2 nitrogen and oxygen atoms in total. The fourth-order valence-corrected chi connectivity index (χ4v) is 2.16. The van der Waals surface area contributed by atoms with E-state index in [4.69, 9.17) is 4.74 Å². The van der Waals surface area contributed by atoms with E-state index in [1.54, 1.807) is 7.11 Å². The Kier molecular flexibility index (Phi) is 2.91. The molecule has 0 N–H and O–H groups in total. The van der Waals surface area contributed by atoms with Crippen LogP contribution in [0.15, 0.2) is 11.6 Å². The maximum absolute atomic E-state index is 10.9. The van der Waals surface area contributed by atoms with Crippen LogP contribution >= 0.6 is 0 Å². The molecule has 0 amide bonds. The molecule has 0 aromatic carbocycles. The Bertz CT molecular complexity index is 228. The Hall–Kier alpha value is -0.630. The van der Waals surface area contributed by atoms with Gasteiger partial charge in [-0.25, -0.2) is 0 Å². The molecule has 2 heteroatoms. The molecule has 0 heterocycles. The van der Waals surface area contributed by atoms with Crippen LogP contribution in [0.1, 0.15) is 27.2 Å². The molecule has 2 atom stereocenters. The lowest BCUT2D eigenvalue weighted by atomic mass is 9.68. The quantitative estimate of drug-likeness (QED) is 0.483. The minimum absolute atomic E-state index is 0.0290. The van der Waals surface area contributed by atoms with Gasteiger partial charge >= 0.3 is 0 Å². The third kappa shape index (κ3) is 1.99. The molecule has 13 heavy (non-hydrogen) atoms. The fraction of sp³-hybridized carbons (Fsp3) is 0.727. The highest BCUT2D eigenvalue weighted by Crippen LogP contribution is 2.40. The Balaban J connectivity index is 2.93. The molecule has 0 fully saturated rings. The van der Waals surface area contributed by atoms with Crippen molar-refractivity contribution >= 4 is 6.29 Å². The summed E-state index contributed by atoms with van der Waals surface area (Å²) in [6, 6.07) is 0. The van der Waals surface area contributed by atoms with Gasteiger partial charge in [0.2, 0.25) is 0 Å². The Morgan fingerprint density at radius 2 is 2.23 bits per heavy atom. The smallest absolute Gasteiger partial charge is 0.127 e. The zero-order valence-electron chi connectivity index (χ0n) is 8.83. The first-order valence-electron chi connectivity index (χ1n) is 4.67. The minimum atomic E-state index is 0.0290. The van der Waals surface area contributed by atoms with E-state index in [-0.39, 0.29) is 17.4 Å². The largest absolute Gasteiger partial charge is 0.377 e. The van der Waals surface area contributed by atoms with Crippen LogP contribution in [-0.2, 0) is 9.53 Å². The van der Waals surface area contributed by atoms with Crippen molar-refractivity contribution in [1.29, 1.82) is 0 Å². The molecule has 1 rings (SSSR count). The standard InChI is InChI=1S/C11H18O2/c1-8-5-9(13-4)6-11(2,3)10(8)7-12/h5,7,9-10H,6H2,1-4H3/t9-,10+/m0/s1. The second-order valence-corrected chi connectivity index (χ2v) is 4.49. The van der Waals surface area contributed by atoms with Gasteiger partial charge in [-0.1, -0.05) is 25.5 Å². The number of carbonyl (C=O) groups is 1. The Labute approximate surface area is 80.0 Å². The van der Waals surface area contributed by atoms with Crippen molar-refractivity contribution in [3.8, 4) is 0 Å². The lowest BCUT2D eigenvalue weighted by molar-refractivity contribution is -0.113. The first-order valence-corrected chi connectivity index (χ1v) is 4.67. The first kappa shape index (κ1) is 10.5. The molecule has 1 aliphatic rings. The molecule has 0 radical (unpaired) electrons. The highest BCUT2D eigenvalue weighted by atomic mass is 16.5. The summed E-state index contributed by atoms with van der Waals surface area (Å²) in [6.45, 7) is 6.25. The summed E-state index contributed by atoms with van der Waals surface area (Å²) in [6.07, 6.45) is 4.21. The first-order chi connectivity index (χ1) is 6.01. The van der Waals surface area contributed by atoms with Crippen LogP contribution in [0.5, 0.6) is 0 Å². The number of allylic oxidation sites excluding steroid dienone is 1. The van der Waals surface area contributed by atoms with Gasteiger partial charge < -0.3 is 9.53 Å². The normalized spacial score (nSPS) is 32.5. The monoisotopic (exact) mass is 182 g/mol. The summed E-state index contributed by atoms with van der Waals surface area (Å²) in [7, 11) is 1.71. The Morgan fingerprint density at radius 1 is 1.62 bits per heavy atom. The van der Waals surface area contributed by atoms with Crippen LogP contribution in [-0.4, -0.2) is 19.5 Å².